The third kappa shape index (κ3) is 3.07. The smallest absolute Gasteiger partial charge is 0.264 e. The lowest BCUT2D eigenvalue weighted by atomic mass is 9.68. The number of rotatable bonds is 5. The van der Waals surface area contributed by atoms with Crippen molar-refractivity contribution >= 4 is 21.6 Å². The van der Waals surface area contributed by atoms with Gasteiger partial charge >= 0.3 is 0 Å². The van der Waals surface area contributed by atoms with E-state index >= 15 is 0 Å². The van der Waals surface area contributed by atoms with E-state index in [-0.39, 0.29) is 4.90 Å². The van der Waals surface area contributed by atoms with Gasteiger partial charge in [0.05, 0.1) is 17.9 Å². The highest BCUT2D eigenvalue weighted by molar-refractivity contribution is 7.90. The van der Waals surface area contributed by atoms with Gasteiger partial charge in [-0.2, -0.15) is 0 Å². The lowest BCUT2D eigenvalue weighted by Gasteiger charge is -2.37. The van der Waals surface area contributed by atoms with E-state index in [2.05, 4.69) is 16.1 Å². The standard InChI is InChI=1S/C23H26N2O4S/c1-29-20-11-10-15(14-5-2-6-14)17-13-18(22(17)20)23(26)25-30(27,28)21-9-3-8-19-16(21)7-4-12-24-19/h3,8-11,14,18,24H,2,4-7,12-13H2,1H3,(H,25,26)/t18-/m1/s1. The number of methoxy groups -OCH3 is 1. The number of sulfonamides is 1. The minimum absolute atomic E-state index is 0.190. The van der Waals surface area contributed by atoms with E-state index in [1.165, 1.54) is 24.8 Å². The zero-order chi connectivity index (χ0) is 20.9. The molecule has 1 saturated carbocycles. The molecule has 30 heavy (non-hydrogen) atoms. The number of nitrogens with one attached hydrogen (secondary N) is 2. The summed E-state index contributed by atoms with van der Waals surface area (Å²) in [5.74, 6) is 0.245. The van der Waals surface area contributed by atoms with E-state index in [0.717, 1.165) is 35.3 Å². The maximum Gasteiger partial charge on any atom is 0.264 e. The molecule has 1 amide bonds. The van der Waals surface area contributed by atoms with Crippen LogP contribution in [-0.4, -0.2) is 28.0 Å². The highest BCUT2D eigenvalue weighted by Gasteiger charge is 2.40. The Kier molecular flexibility index (Phi) is 4.73. The van der Waals surface area contributed by atoms with Crippen LogP contribution in [0.1, 0.15) is 59.8 Å². The van der Waals surface area contributed by atoms with Crippen LogP contribution in [0.3, 0.4) is 0 Å². The maximum atomic E-state index is 13.1. The largest absolute Gasteiger partial charge is 0.496 e. The normalized spacial score (nSPS) is 20.1. The van der Waals surface area contributed by atoms with Crippen LogP contribution in [0.5, 0.6) is 5.75 Å². The van der Waals surface area contributed by atoms with Gasteiger partial charge in [-0.1, -0.05) is 18.6 Å². The maximum absolute atomic E-state index is 13.1. The summed E-state index contributed by atoms with van der Waals surface area (Å²) in [7, 11) is -2.36. The van der Waals surface area contributed by atoms with Gasteiger partial charge in [0.2, 0.25) is 5.91 Å². The van der Waals surface area contributed by atoms with Gasteiger partial charge in [0.25, 0.3) is 10.0 Å². The predicted octanol–water partition coefficient (Wildman–Crippen LogP) is 3.47. The molecule has 7 heteroatoms. The van der Waals surface area contributed by atoms with Gasteiger partial charge in [-0.3, -0.25) is 4.79 Å². The van der Waals surface area contributed by atoms with Crippen LogP contribution in [0.2, 0.25) is 0 Å². The monoisotopic (exact) mass is 426 g/mol. The summed E-state index contributed by atoms with van der Waals surface area (Å²) in [5, 5.41) is 3.24. The van der Waals surface area contributed by atoms with Crippen molar-refractivity contribution in [1.29, 1.82) is 0 Å². The first kappa shape index (κ1) is 19.4. The van der Waals surface area contributed by atoms with Crippen LogP contribution in [0.15, 0.2) is 35.2 Å². The zero-order valence-electron chi connectivity index (χ0n) is 17.0. The number of hydrogen-bond acceptors (Lipinski definition) is 5. The van der Waals surface area contributed by atoms with Crippen LogP contribution in [0.25, 0.3) is 0 Å². The number of carbonyl (C=O) groups is 1. The third-order valence-electron chi connectivity index (χ3n) is 6.77. The van der Waals surface area contributed by atoms with E-state index in [9.17, 15) is 13.2 Å². The zero-order valence-corrected chi connectivity index (χ0v) is 17.8. The molecule has 1 fully saturated rings. The molecule has 1 aliphatic heterocycles. The van der Waals surface area contributed by atoms with Gasteiger partial charge in [-0.25, -0.2) is 13.1 Å². The van der Waals surface area contributed by atoms with Gasteiger partial charge < -0.3 is 10.1 Å². The topological polar surface area (TPSA) is 84.5 Å². The Bertz CT molecular complexity index is 1120. The van der Waals surface area contributed by atoms with E-state index in [4.69, 9.17) is 4.74 Å². The molecule has 0 spiro atoms. The average Bonchev–Trinajstić information content (AvgIpc) is 2.67. The van der Waals surface area contributed by atoms with Gasteiger partial charge in [0.15, 0.2) is 0 Å². The second kappa shape index (κ2) is 7.30. The van der Waals surface area contributed by atoms with Gasteiger partial charge in [-0.05, 0) is 72.9 Å². The second-order valence-corrected chi connectivity index (χ2v) is 10.1. The van der Waals surface area contributed by atoms with E-state index in [1.54, 1.807) is 19.2 Å². The van der Waals surface area contributed by atoms with Crippen molar-refractivity contribution < 1.29 is 17.9 Å². The summed E-state index contributed by atoms with van der Waals surface area (Å²) >= 11 is 0. The number of anilines is 1. The molecule has 2 aromatic rings. The van der Waals surface area contributed by atoms with Crippen LogP contribution in [0, 0.1) is 0 Å². The molecule has 0 aromatic heterocycles. The highest BCUT2D eigenvalue weighted by atomic mass is 32.2. The Morgan fingerprint density at radius 1 is 1.13 bits per heavy atom. The number of hydrogen-bond donors (Lipinski definition) is 2. The number of fused-ring (bicyclic) bond motifs is 2. The van der Waals surface area contributed by atoms with Gasteiger partial charge in [0.1, 0.15) is 5.75 Å². The highest BCUT2D eigenvalue weighted by Crippen LogP contribution is 2.49. The fourth-order valence-corrected chi connectivity index (χ4v) is 6.25. The summed E-state index contributed by atoms with van der Waals surface area (Å²) in [6, 6.07) is 9.19. The molecule has 2 aliphatic carbocycles. The number of carbonyl (C=O) groups excluding carboxylic acids is 1. The van der Waals surface area contributed by atoms with Crippen molar-refractivity contribution in [3.05, 3.63) is 52.6 Å². The summed E-state index contributed by atoms with van der Waals surface area (Å²) in [6.45, 7) is 0.824. The lowest BCUT2D eigenvalue weighted by Crippen LogP contribution is -2.40. The van der Waals surface area contributed by atoms with Crippen LogP contribution >= 0.6 is 0 Å². The number of amides is 1. The lowest BCUT2D eigenvalue weighted by molar-refractivity contribution is -0.121. The Labute approximate surface area is 177 Å². The summed E-state index contributed by atoms with van der Waals surface area (Å²) in [4.78, 5) is 13.2. The van der Waals surface area contributed by atoms with Crippen molar-refractivity contribution in [1.82, 2.24) is 4.72 Å². The second-order valence-electron chi connectivity index (χ2n) is 8.42. The Hall–Kier alpha value is -2.54. The van der Waals surface area contributed by atoms with Crippen LogP contribution in [0.4, 0.5) is 5.69 Å². The molecule has 5 rings (SSSR count). The summed E-state index contributed by atoms with van der Waals surface area (Å²) < 4.78 is 34.0. The minimum atomic E-state index is -3.94. The molecule has 158 valence electrons. The van der Waals surface area contributed by atoms with Crippen molar-refractivity contribution in [3.63, 3.8) is 0 Å². The molecule has 2 aromatic carbocycles. The SMILES string of the molecule is COc1ccc(C2CCC2)c2c1[C@H](C(=O)NS(=O)(=O)c1cccc3c1CCCN3)C2. The molecule has 0 saturated heterocycles. The van der Waals surface area contributed by atoms with Gasteiger partial charge in [0, 0.05) is 17.8 Å². The van der Waals surface area contributed by atoms with E-state index in [1.807, 2.05) is 12.1 Å². The Morgan fingerprint density at radius 3 is 2.70 bits per heavy atom. The number of ether oxygens (including phenoxy) is 1. The fourth-order valence-electron chi connectivity index (χ4n) is 4.94. The molecule has 2 N–H and O–H groups in total. The molecule has 1 heterocycles. The molecule has 1 atom stereocenters. The van der Waals surface area contributed by atoms with Crippen molar-refractivity contribution in [2.45, 2.75) is 55.3 Å². The first-order valence-corrected chi connectivity index (χ1v) is 12.1. The molecule has 3 aliphatic rings. The molecule has 0 bridgehead atoms. The van der Waals surface area contributed by atoms with E-state index in [0.29, 0.717) is 24.5 Å². The third-order valence-corrected chi connectivity index (χ3v) is 8.20. The fraction of sp³-hybridized carbons (Fsp3) is 0.435. The Morgan fingerprint density at radius 2 is 1.97 bits per heavy atom. The van der Waals surface area contributed by atoms with Crippen LogP contribution in [-0.2, 0) is 27.7 Å². The molecular formula is C23H26N2O4S. The summed E-state index contributed by atoms with van der Waals surface area (Å²) in [5.41, 5.74) is 4.90. The first-order chi connectivity index (χ1) is 14.5. The predicted molar refractivity (Wildman–Crippen MR) is 115 cm³/mol. The van der Waals surface area contributed by atoms with Crippen LogP contribution < -0.4 is 14.8 Å². The van der Waals surface area contributed by atoms with Crippen molar-refractivity contribution in [2.75, 3.05) is 19.0 Å². The Balaban J connectivity index is 1.42. The first-order valence-electron chi connectivity index (χ1n) is 10.6. The molecule has 6 nitrogen and oxygen atoms in total. The molecule has 0 unspecified atom stereocenters. The molecule has 0 radical (unpaired) electrons. The number of benzene rings is 2. The van der Waals surface area contributed by atoms with Crippen molar-refractivity contribution in [3.8, 4) is 5.75 Å². The quantitative estimate of drug-likeness (QED) is 0.765. The minimum Gasteiger partial charge on any atom is -0.496 e. The van der Waals surface area contributed by atoms with Gasteiger partial charge in [-0.15, -0.1) is 0 Å². The molecular weight excluding hydrogens is 400 g/mol. The van der Waals surface area contributed by atoms with Crippen molar-refractivity contribution in [2.24, 2.45) is 0 Å². The van der Waals surface area contributed by atoms with E-state index < -0.39 is 21.8 Å². The summed E-state index contributed by atoms with van der Waals surface area (Å²) in [6.07, 6.45) is 5.70. The average molecular weight is 427 g/mol.